The van der Waals surface area contributed by atoms with E-state index in [0.717, 1.165) is 11.3 Å². The maximum absolute atomic E-state index is 12.1. The second-order valence-electron chi connectivity index (χ2n) is 5.05. The number of hydrogen-bond acceptors (Lipinski definition) is 4. The zero-order chi connectivity index (χ0) is 17.6. The van der Waals surface area contributed by atoms with E-state index in [1.54, 1.807) is 44.4 Å². The van der Waals surface area contributed by atoms with Crippen molar-refractivity contribution < 1.29 is 17.9 Å². The molecule has 0 aliphatic rings. The Morgan fingerprint density at radius 3 is 2.25 bits per heavy atom. The quantitative estimate of drug-likeness (QED) is 0.617. The number of methoxy groups -OCH3 is 1. The molecular formula is C18H19NO4S. The Hall–Kier alpha value is -2.60. The van der Waals surface area contributed by atoms with E-state index in [1.165, 1.54) is 6.08 Å². The van der Waals surface area contributed by atoms with Crippen LogP contribution in [0.4, 0.5) is 5.69 Å². The lowest BCUT2D eigenvalue weighted by Crippen LogP contribution is -2.14. The maximum atomic E-state index is 12.1. The fraction of sp³-hybridized carbons (Fsp3) is 0.167. The van der Waals surface area contributed by atoms with E-state index in [-0.39, 0.29) is 11.5 Å². The lowest BCUT2D eigenvalue weighted by atomic mass is 10.1. The van der Waals surface area contributed by atoms with Crippen molar-refractivity contribution in [3.05, 3.63) is 65.7 Å². The first-order valence-corrected chi connectivity index (χ1v) is 9.06. The van der Waals surface area contributed by atoms with Crippen LogP contribution in [0, 0.1) is 0 Å². The van der Waals surface area contributed by atoms with Crippen LogP contribution in [0.5, 0.6) is 5.75 Å². The van der Waals surface area contributed by atoms with Crippen LogP contribution in [0.1, 0.15) is 22.8 Å². The summed E-state index contributed by atoms with van der Waals surface area (Å²) in [7, 11) is -1.72. The number of ketones is 1. The molecule has 0 saturated heterocycles. The van der Waals surface area contributed by atoms with Gasteiger partial charge in [-0.05, 0) is 55.0 Å². The van der Waals surface area contributed by atoms with Gasteiger partial charge in [0.1, 0.15) is 5.75 Å². The Morgan fingerprint density at radius 1 is 1.08 bits per heavy atom. The smallest absolute Gasteiger partial charge is 0.232 e. The number of rotatable bonds is 7. The van der Waals surface area contributed by atoms with E-state index in [2.05, 4.69) is 4.72 Å². The molecule has 0 heterocycles. The Bertz CT molecular complexity index is 822. The first-order chi connectivity index (χ1) is 11.4. The number of benzene rings is 2. The summed E-state index contributed by atoms with van der Waals surface area (Å²) in [6, 6.07) is 13.7. The normalized spacial score (nSPS) is 11.4. The van der Waals surface area contributed by atoms with Gasteiger partial charge in [0.25, 0.3) is 0 Å². The van der Waals surface area contributed by atoms with Gasteiger partial charge in [0.2, 0.25) is 10.0 Å². The molecule has 0 aliphatic heterocycles. The van der Waals surface area contributed by atoms with Crippen LogP contribution >= 0.6 is 0 Å². The average Bonchev–Trinajstić information content (AvgIpc) is 2.60. The SMILES string of the molecule is CCS(=O)(=O)Nc1ccc(C(=O)/C=C\c2ccc(OC)cc2)cc1. The molecule has 0 atom stereocenters. The average molecular weight is 345 g/mol. The minimum atomic E-state index is -3.32. The van der Waals surface area contributed by atoms with Gasteiger partial charge in [-0.2, -0.15) is 0 Å². The molecule has 0 fully saturated rings. The fourth-order valence-corrected chi connectivity index (χ4v) is 2.58. The largest absolute Gasteiger partial charge is 0.497 e. The molecule has 0 aromatic heterocycles. The molecule has 0 aliphatic carbocycles. The van der Waals surface area contributed by atoms with E-state index >= 15 is 0 Å². The minimum Gasteiger partial charge on any atom is -0.497 e. The Kier molecular flexibility index (Phi) is 5.76. The lowest BCUT2D eigenvalue weighted by molar-refractivity contribution is 0.104. The molecule has 0 unspecified atom stereocenters. The van der Waals surface area contributed by atoms with E-state index in [0.29, 0.717) is 11.3 Å². The monoisotopic (exact) mass is 345 g/mol. The second-order valence-corrected chi connectivity index (χ2v) is 7.06. The van der Waals surface area contributed by atoms with Gasteiger partial charge >= 0.3 is 0 Å². The Morgan fingerprint density at radius 2 is 1.71 bits per heavy atom. The summed E-state index contributed by atoms with van der Waals surface area (Å²) in [6.07, 6.45) is 3.20. The van der Waals surface area contributed by atoms with Gasteiger partial charge in [0.05, 0.1) is 12.9 Å². The van der Waals surface area contributed by atoms with Gasteiger partial charge in [-0.15, -0.1) is 0 Å². The first kappa shape index (κ1) is 17.7. The van der Waals surface area contributed by atoms with Crippen molar-refractivity contribution in [2.75, 3.05) is 17.6 Å². The summed E-state index contributed by atoms with van der Waals surface area (Å²) in [5.41, 5.74) is 1.81. The van der Waals surface area contributed by atoms with Crippen LogP contribution in [0.3, 0.4) is 0 Å². The summed E-state index contributed by atoms with van der Waals surface area (Å²) in [5.74, 6) is 0.595. The fourth-order valence-electron chi connectivity index (χ4n) is 1.94. The number of carbonyl (C=O) groups excluding carboxylic acids is 1. The predicted octanol–water partition coefficient (Wildman–Crippen LogP) is 3.35. The van der Waals surface area contributed by atoms with Crippen molar-refractivity contribution in [1.82, 2.24) is 0 Å². The third-order valence-electron chi connectivity index (χ3n) is 3.37. The summed E-state index contributed by atoms with van der Waals surface area (Å²) in [6.45, 7) is 1.56. The van der Waals surface area contributed by atoms with Crippen LogP contribution in [0.25, 0.3) is 6.08 Å². The number of allylic oxidation sites excluding steroid dienone is 1. The molecule has 0 saturated carbocycles. The van der Waals surface area contributed by atoms with Gasteiger partial charge < -0.3 is 4.74 Å². The van der Waals surface area contributed by atoms with Gasteiger partial charge in [0, 0.05) is 11.3 Å². The Labute approximate surface area is 142 Å². The highest BCUT2D eigenvalue weighted by atomic mass is 32.2. The topological polar surface area (TPSA) is 72.5 Å². The lowest BCUT2D eigenvalue weighted by Gasteiger charge is -2.06. The maximum Gasteiger partial charge on any atom is 0.232 e. The number of hydrogen-bond donors (Lipinski definition) is 1. The summed E-state index contributed by atoms with van der Waals surface area (Å²) < 4.78 is 30.5. The highest BCUT2D eigenvalue weighted by Crippen LogP contribution is 2.15. The highest BCUT2D eigenvalue weighted by molar-refractivity contribution is 7.92. The highest BCUT2D eigenvalue weighted by Gasteiger charge is 2.07. The zero-order valence-electron chi connectivity index (χ0n) is 13.5. The van der Waals surface area contributed by atoms with E-state index < -0.39 is 10.0 Å². The molecule has 1 N–H and O–H groups in total. The van der Waals surface area contributed by atoms with Crippen LogP contribution in [0.15, 0.2) is 54.6 Å². The van der Waals surface area contributed by atoms with Crippen molar-refractivity contribution >= 4 is 27.6 Å². The van der Waals surface area contributed by atoms with Crippen molar-refractivity contribution in [1.29, 1.82) is 0 Å². The van der Waals surface area contributed by atoms with Crippen LogP contribution < -0.4 is 9.46 Å². The Balaban J connectivity index is 2.05. The molecule has 126 valence electrons. The van der Waals surface area contributed by atoms with Crippen molar-refractivity contribution in [2.24, 2.45) is 0 Å². The molecular weight excluding hydrogens is 326 g/mol. The van der Waals surface area contributed by atoms with Crippen LogP contribution in [-0.2, 0) is 10.0 Å². The molecule has 0 spiro atoms. The molecule has 0 bridgehead atoms. The van der Waals surface area contributed by atoms with Gasteiger partial charge in [0.15, 0.2) is 5.78 Å². The van der Waals surface area contributed by atoms with E-state index in [4.69, 9.17) is 4.74 Å². The van der Waals surface area contributed by atoms with Crippen LogP contribution in [-0.4, -0.2) is 27.1 Å². The summed E-state index contributed by atoms with van der Waals surface area (Å²) >= 11 is 0. The first-order valence-electron chi connectivity index (χ1n) is 7.40. The number of carbonyl (C=O) groups is 1. The molecule has 2 aromatic carbocycles. The minimum absolute atomic E-state index is 0.00171. The number of nitrogens with one attached hydrogen (secondary N) is 1. The molecule has 24 heavy (non-hydrogen) atoms. The molecule has 2 aromatic rings. The molecule has 6 heteroatoms. The van der Waals surface area contributed by atoms with E-state index in [1.807, 2.05) is 24.3 Å². The molecule has 0 radical (unpaired) electrons. The number of ether oxygens (including phenoxy) is 1. The number of sulfonamides is 1. The third kappa shape index (κ3) is 4.96. The van der Waals surface area contributed by atoms with Gasteiger partial charge in [-0.25, -0.2) is 8.42 Å². The van der Waals surface area contributed by atoms with Crippen molar-refractivity contribution in [3.63, 3.8) is 0 Å². The zero-order valence-corrected chi connectivity index (χ0v) is 14.3. The number of anilines is 1. The standard InChI is InChI=1S/C18H19NO4S/c1-3-24(21,22)19-16-9-7-15(8-10-16)18(20)13-6-14-4-11-17(23-2)12-5-14/h4-13,19H,3H2,1-2H3/b13-6-. The molecule has 2 rings (SSSR count). The summed E-state index contributed by atoms with van der Waals surface area (Å²) in [4.78, 5) is 12.1. The van der Waals surface area contributed by atoms with Gasteiger partial charge in [-0.3, -0.25) is 9.52 Å². The molecule has 0 amide bonds. The molecule has 5 nitrogen and oxygen atoms in total. The van der Waals surface area contributed by atoms with E-state index in [9.17, 15) is 13.2 Å². The second kappa shape index (κ2) is 7.79. The predicted molar refractivity (Wildman–Crippen MR) is 95.9 cm³/mol. The van der Waals surface area contributed by atoms with Crippen molar-refractivity contribution in [3.8, 4) is 5.75 Å². The third-order valence-corrected chi connectivity index (χ3v) is 4.67. The van der Waals surface area contributed by atoms with Gasteiger partial charge in [-0.1, -0.05) is 18.2 Å². The van der Waals surface area contributed by atoms with Crippen LogP contribution in [0.2, 0.25) is 0 Å². The summed E-state index contributed by atoms with van der Waals surface area (Å²) in [5, 5.41) is 0. The van der Waals surface area contributed by atoms with Crippen molar-refractivity contribution in [2.45, 2.75) is 6.92 Å².